The second-order valence-corrected chi connectivity index (χ2v) is 5.23. The van der Waals surface area contributed by atoms with Gasteiger partial charge in [0.25, 0.3) is 0 Å². The molecule has 0 saturated carbocycles. The zero-order chi connectivity index (χ0) is 16.8. The van der Waals surface area contributed by atoms with Gasteiger partial charge in [-0.25, -0.2) is 4.79 Å². The number of nitrogens with one attached hydrogen (secondary N) is 2. The van der Waals surface area contributed by atoms with Gasteiger partial charge in [0.1, 0.15) is 11.6 Å². The van der Waals surface area contributed by atoms with Crippen LogP contribution in [0.25, 0.3) is 0 Å². The average molecular weight is 302 g/mol. The van der Waals surface area contributed by atoms with E-state index in [2.05, 4.69) is 29.3 Å². The van der Waals surface area contributed by atoms with Crippen molar-refractivity contribution >= 4 is 17.8 Å². The van der Waals surface area contributed by atoms with Crippen molar-refractivity contribution in [3.8, 4) is 0 Å². The summed E-state index contributed by atoms with van der Waals surface area (Å²) in [7, 11) is 0. The molecule has 3 N–H and O–H groups in total. The molecule has 0 aromatic heterocycles. The zero-order valence-corrected chi connectivity index (χ0v) is 12.5. The Hall–Kier alpha value is -2.81. The number of amides is 2. The van der Waals surface area contributed by atoms with Crippen molar-refractivity contribution in [1.82, 2.24) is 10.6 Å². The monoisotopic (exact) mass is 302 g/mol. The molecule has 1 rings (SSSR count). The van der Waals surface area contributed by atoms with Gasteiger partial charge in [0.05, 0.1) is 0 Å². The third kappa shape index (κ3) is 4.94. The maximum atomic E-state index is 12.2. The van der Waals surface area contributed by atoms with Crippen molar-refractivity contribution < 1.29 is 19.5 Å². The Bertz CT molecular complexity index is 567. The molecule has 6 nitrogen and oxygen atoms in total. The topological polar surface area (TPSA) is 95.5 Å². The summed E-state index contributed by atoms with van der Waals surface area (Å²) >= 11 is 0. The minimum Gasteiger partial charge on any atom is -0.480 e. The van der Waals surface area contributed by atoms with Crippen LogP contribution in [0.5, 0.6) is 0 Å². The molecular weight excluding hydrogens is 284 g/mol. The van der Waals surface area contributed by atoms with Gasteiger partial charge in [-0.1, -0.05) is 18.7 Å². The molecule has 0 heterocycles. The lowest BCUT2D eigenvalue weighted by Gasteiger charge is -2.26. The van der Waals surface area contributed by atoms with Crippen LogP contribution in [0.3, 0.4) is 0 Å². The normalized spacial score (nSPS) is 11.7. The Kier molecular flexibility index (Phi) is 5.70. The molecule has 0 saturated heterocycles. The molecule has 0 radical (unpaired) electrons. The van der Waals surface area contributed by atoms with E-state index in [0.717, 1.165) is 6.08 Å². The Morgan fingerprint density at radius 3 is 2.59 bits per heavy atom. The van der Waals surface area contributed by atoms with Gasteiger partial charge >= 0.3 is 5.97 Å². The summed E-state index contributed by atoms with van der Waals surface area (Å²) in [5.74, 6) is -2.27. The van der Waals surface area contributed by atoms with Gasteiger partial charge in [0, 0.05) is 6.42 Å². The SMILES string of the molecule is C=CC(=O)NC(C)(C)C(=O)NC(Cc1cc#ccc1)C(=O)O. The largest absolute Gasteiger partial charge is 0.480 e. The summed E-state index contributed by atoms with van der Waals surface area (Å²) in [5, 5.41) is 14.1. The van der Waals surface area contributed by atoms with Gasteiger partial charge < -0.3 is 15.7 Å². The number of hydrogen-bond acceptors (Lipinski definition) is 3. The van der Waals surface area contributed by atoms with Crippen molar-refractivity contribution in [2.75, 3.05) is 0 Å². The molecule has 22 heavy (non-hydrogen) atoms. The Balaban J connectivity index is 2.78. The fraction of sp³-hybridized carbons (Fsp3) is 0.312. The van der Waals surface area contributed by atoms with E-state index in [1.165, 1.54) is 13.8 Å². The Labute approximate surface area is 129 Å². The Morgan fingerprint density at radius 2 is 2.09 bits per heavy atom. The Morgan fingerprint density at radius 1 is 1.41 bits per heavy atom. The summed E-state index contributed by atoms with van der Waals surface area (Å²) < 4.78 is 0. The van der Waals surface area contributed by atoms with Crippen molar-refractivity contribution in [2.45, 2.75) is 31.8 Å². The van der Waals surface area contributed by atoms with Crippen LogP contribution in [0.2, 0.25) is 0 Å². The maximum absolute atomic E-state index is 12.2. The van der Waals surface area contributed by atoms with Gasteiger partial charge in [0.15, 0.2) is 0 Å². The number of carbonyl (C=O) groups excluding carboxylic acids is 2. The van der Waals surface area contributed by atoms with Crippen LogP contribution in [0.15, 0.2) is 30.9 Å². The van der Waals surface area contributed by atoms with E-state index in [1.54, 1.807) is 18.2 Å². The number of rotatable bonds is 7. The molecule has 1 atom stereocenters. The smallest absolute Gasteiger partial charge is 0.326 e. The van der Waals surface area contributed by atoms with Crippen LogP contribution in [-0.2, 0) is 20.8 Å². The average Bonchev–Trinajstić information content (AvgIpc) is 2.46. The van der Waals surface area contributed by atoms with Gasteiger partial charge in [-0.15, -0.1) is 0 Å². The molecule has 0 aliphatic rings. The number of carboxylic acids is 1. The molecule has 1 unspecified atom stereocenters. The highest BCUT2D eigenvalue weighted by molar-refractivity contribution is 5.96. The summed E-state index contributed by atoms with van der Waals surface area (Å²) in [6, 6.07) is 9.24. The van der Waals surface area contributed by atoms with Gasteiger partial charge in [-0.3, -0.25) is 9.59 Å². The minimum atomic E-state index is -1.25. The van der Waals surface area contributed by atoms with Crippen LogP contribution in [-0.4, -0.2) is 34.5 Å². The fourth-order valence-electron chi connectivity index (χ4n) is 1.70. The third-order valence-electron chi connectivity index (χ3n) is 2.95. The fourth-order valence-corrected chi connectivity index (χ4v) is 1.70. The molecule has 2 amide bonds. The number of hydrogen-bond donors (Lipinski definition) is 3. The quantitative estimate of drug-likeness (QED) is 0.638. The second-order valence-electron chi connectivity index (χ2n) is 5.23. The highest BCUT2D eigenvalue weighted by Crippen LogP contribution is 2.06. The summed E-state index contributed by atoms with van der Waals surface area (Å²) in [6.07, 6.45) is 1.15. The molecule has 116 valence electrons. The zero-order valence-electron chi connectivity index (χ0n) is 12.5. The van der Waals surface area contributed by atoms with E-state index in [0.29, 0.717) is 5.56 Å². The minimum absolute atomic E-state index is 0.109. The highest BCUT2D eigenvalue weighted by atomic mass is 16.4. The van der Waals surface area contributed by atoms with Crippen molar-refractivity contribution in [3.63, 3.8) is 0 Å². The molecule has 0 spiro atoms. The van der Waals surface area contributed by atoms with Crippen LogP contribution in [0.1, 0.15) is 19.4 Å². The van der Waals surface area contributed by atoms with E-state index in [-0.39, 0.29) is 6.42 Å². The molecule has 0 fully saturated rings. The standard InChI is InChI=1S/C16H18N2O4/c1-4-13(19)18-16(2,3)15(22)17-12(14(20)21)10-11-8-6-5-7-9-11/h4,6,8-9,12H,1,10H2,2-3H3,(H,17,22)(H,18,19)(H,20,21). The molecule has 1 aromatic carbocycles. The van der Waals surface area contributed by atoms with Crippen LogP contribution in [0, 0.1) is 12.1 Å². The molecule has 1 aromatic rings. The summed E-state index contributed by atoms with van der Waals surface area (Å²) in [4.78, 5) is 34.8. The first-order valence-electron chi connectivity index (χ1n) is 6.61. The lowest BCUT2D eigenvalue weighted by molar-refractivity contribution is -0.142. The molecule has 0 aliphatic heterocycles. The predicted octanol–water partition coefficient (Wildman–Crippen LogP) is 0.480. The van der Waals surface area contributed by atoms with Crippen LogP contribution < -0.4 is 10.6 Å². The van der Waals surface area contributed by atoms with Crippen molar-refractivity contribution in [1.29, 1.82) is 0 Å². The van der Waals surface area contributed by atoms with Crippen LogP contribution in [0.4, 0.5) is 0 Å². The first-order valence-corrected chi connectivity index (χ1v) is 6.61. The van der Waals surface area contributed by atoms with Crippen LogP contribution >= 0.6 is 0 Å². The van der Waals surface area contributed by atoms with Crippen molar-refractivity contribution in [2.24, 2.45) is 0 Å². The van der Waals surface area contributed by atoms with Gasteiger partial charge in [0.2, 0.25) is 11.8 Å². The highest BCUT2D eigenvalue weighted by Gasteiger charge is 2.32. The van der Waals surface area contributed by atoms with E-state index < -0.39 is 29.4 Å². The predicted molar refractivity (Wildman–Crippen MR) is 79.8 cm³/mol. The summed E-state index contributed by atoms with van der Waals surface area (Å²) in [6.45, 7) is 6.26. The molecule has 0 aliphatic carbocycles. The third-order valence-corrected chi connectivity index (χ3v) is 2.95. The summed E-state index contributed by atoms with van der Waals surface area (Å²) in [5.41, 5.74) is -0.547. The van der Waals surface area contributed by atoms with E-state index >= 15 is 0 Å². The lowest BCUT2D eigenvalue weighted by atomic mass is 10.0. The maximum Gasteiger partial charge on any atom is 0.326 e. The molecular formula is C16H18N2O4. The molecule has 6 heteroatoms. The van der Waals surface area contributed by atoms with E-state index in [1.807, 2.05) is 0 Å². The number of carboxylic acid groups (broad SMARTS) is 1. The second kappa shape index (κ2) is 7.27. The van der Waals surface area contributed by atoms with Crippen molar-refractivity contribution in [3.05, 3.63) is 48.6 Å². The van der Waals surface area contributed by atoms with Gasteiger partial charge in [-0.2, -0.15) is 0 Å². The molecule has 0 bridgehead atoms. The lowest BCUT2D eigenvalue weighted by Crippen LogP contribution is -2.57. The van der Waals surface area contributed by atoms with Gasteiger partial charge in [-0.05, 0) is 43.7 Å². The van der Waals surface area contributed by atoms with E-state index in [9.17, 15) is 19.5 Å². The number of aliphatic carboxylic acids is 1. The van der Waals surface area contributed by atoms with E-state index in [4.69, 9.17) is 0 Å². The number of carbonyl (C=O) groups is 3. The first-order chi connectivity index (χ1) is 10.3. The first kappa shape index (κ1) is 17.2.